The number of nitrogens with zero attached hydrogens (tertiary/aromatic N) is 2. The first-order chi connectivity index (χ1) is 7.59. The van der Waals surface area contributed by atoms with Gasteiger partial charge in [-0.25, -0.2) is 14.2 Å². The molecule has 0 atom stereocenters. The van der Waals surface area contributed by atoms with Gasteiger partial charge in [0.05, 0.1) is 5.56 Å². The minimum Gasteiger partial charge on any atom is -0.478 e. The molecule has 0 aliphatic heterocycles. The van der Waals surface area contributed by atoms with E-state index in [0.29, 0.717) is 11.5 Å². The Morgan fingerprint density at radius 3 is 2.75 bits per heavy atom. The molecule has 1 aromatic carbocycles. The van der Waals surface area contributed by atoms with Gasteiger partial charge in [0.2, 0.25) is 0 Å². The van der Waals surface area contributed by atoms with Crippen molar-refractivity contribution in [2.24, 2.45) is 0 Å². The van der Waals surface area contributed by atoms with Gasteiger partial charge >= 0.3 is 5.97 Å². The number of aromatic nitrogens is 2. The molecule has 0 aliphatic carbocycles. The lowest BCUT2D eigenvalue weighted by atomic mass is 10.2. The summed E-state index contributed by atoms with van der Waals surface area (Å²) in [6.45, 7) is 1.78. The highest BCUT2D eigenvalue weighted by atomic mass is 19.1. The lowest BCUT2D eigenvalue weighted by molar-refractivity contribution is 0.0692. The third-order valence-electron chi connectivity index (χ3n) is 2.29. The fraction of sp³-hybridized carbons (Fsp3) is 0.0909. The van der Waals surface area contributed by atoms with Gasteiger partial charge in [-0.2, -0.15) is 0 Å². The number of hydrogen-bond donors (Lipinski definition) is 1. The molecule has 1 N–H and O–H groups in total. The molecular weight excluding hydrogens is 211 g/mol. The topological polar surface area (TPSA) is 55.1 Å². The number of imidazole rings is 1. The molecular formula is C11H9FN2O2. The van der Waals surface area contributed by atoms with E-state index in [2.05, 4.69) is 4.98 Å². The summed E-state index contributed by atoms with van der Waals surface area (Å²) in [6, 6.07) is 3.96. The Morgan fingerprint density at radius 1 is 1.50 bits per heavy atom. The van der Waals surface area contributed by atoms with Gasteiger partial charge in [0.25, 0.3) is 0 Å². The van der Waals surface area contributed by atoms with E-state index < -0.39 is 11.8 Å². The second-order valence-corrected chi connectivity index (χ2v) is 3.31. The fourth-order valence-electron chi connectivity index (χ4n) is 1.48. The summed E-state index contributed by atoms with van der Waals surface area (Å²) < 4.78 is 15.1. The van der Waals surface area contributed by atoms with Gasteiger partial charge < -0.3 is 9.67 Å². The summed E-state index contributed by atoms with van der Waals surface area (Å²) in [5.74, 6) is -1.31. The van der Waals surface area contributed by atoms with Crippen LogP contribution in [0.25, 0.3) is 5.69 Å². The van der Waals surface area contributed by atoms with Crippen LogP contribution in [-0.4, -0.2) is 20.6 Å². The number of aromatic carboxylic acids is 1. The van der Waals surface area contributed by atoms with Crippen molar-refractivity contribution in [1.82, 2.24) is 9.55 Å². The van der Waals surface area contributed by atoms with Crippen molar-refractivity contribution in [3.8, 4) is 5.69 Å². The zero-order valence-electron chi connectivity index (χ0n) is 8.51. The molecule has 0 saturated heterocycles. The van der Waals surface area contributed by atoms with Crippen LogP contribution in [0.15, 0.2) is 30.6 Å². The quantitative estimate of drug-likeness (QED) is 0.842. The van der Waals surface area contributed by atoms with E-state index >= 15 is 0 Å². The van der Waals surface area contributed by atoms with Crippen molar-refractivity contribution >= 4 is 5.97 Å². The number of carboxylic acid groups (broad SMARTS) is 1. The fourth-order valence-corrected chi connectivity index (χ4v) is 1.48. The molecule has 1 aromatic heterocycles. The molecule has 0 radical (unpaired) electrons. The van der Waals surface area contributed by atoms with Gasteiger partial charge in [-0.3, -0.25) is 0 Å². The average molecular weight is 220 g/mol. The molecule has 0 amide bonds. The summed E-state index contributed by atoms with van der Waals surface area (Å²) in [6.07, 6.45) is 3.28. The SMILES string of the molecule is Cc1nccn1-c1ccc(C(=O)O)c(F)c1. The van der Waals surface area contributed by atoms with E-state index in [1.54, 1.807) is 30.0 Å². The Hall–Kier alpha value is -2.17. The van der Waals surface area contributed by atoms with Crippen molar-refractivity contribution < 1.29 is 14.3 Å². The van der Waals surface area contributed by atoms with Crippen LogP contribution in [0.1, 0.15) is 16.2 Å². The molecule has 0 aliphatic rings. The summed E-state index contributed by atoms with van der Waals surface area (Å²) >= 11 is 0. The van der Waals surface area contributed by atoms with Crippen LogP contribution in [0.5, 0.6) is 0 Å². The second-order valence-electron chi connectivity index (χ2n) is 3.31. The standard InChI is InChI=1S/C11H9FN2O2/c1-7-13-4-5-14(7)8-2-3-9(11(15)16)10(12)6-8/h2-6H,1H3,(H,15,16). The van der Waals surface area contributed by atoms with Gasteiger partial charge in [0.15, 0.2) is 0 Å². The molecule has 0 spiro atoms. The van der Waals surface area contributed by atoms with Crippen molar-refractivity contribution in [2.75, 3.05) is 0 Å². The van der Waals surface area contributed by atoms with E-state index in [0.717, 1.165) is 0 Å². The highest BCUT2D eigenvalue weighted by molar-refractivity contribution is 5.88. The maximum atomic E-state index is 13.4. The third-order valence-corrected chi connectivity index (χ3v) is 2.29. The molecule has 0 bridgehead atoms. The lowest BCUT2D eigenvalue weighted by Crippen LogP contribution is -2.03. The molecule has 0 fully saturated rings. The van der Waals surface area contributed by atoms with E-state index in [1.165, 1.54) is 12.1 Å². The highest BCUT2D eigenvalue weighted by Gasteiger charge is 2.11. The van der Waals surface area contributed by atoms with Gasteiger partial charge in [-0.15, -0.1) is 0 Å². The Bertz CT molecular complexity index is 549. The maximum Gasteiger partial charge on any atom is 0.338 e. The van der Waals surface area contributed by atoms with Crippen LogP contribution in [0, 0.1) is 12.7 Å². The first kappa shape index (κ1) is 10.4. The smallest absolute Gasteiger partial charge is 0.338 e. The summed E-state index contributed by atoms with van der Waals surface area (Å²) in [5, 5.41) is 8.68. The zero-order valence-corrected chi connectivity index (χ0v) is 8.51. The molecule has 82 valence electrons. The number of carboxylic acids is 1. The monoisotopic (exact) mass is 220 g/mol. The predicted octanol–water partition coefficient (Wildman–Crippen LogP) is 2.02. The molecule has 0 unspecified atom stereocenters. The van der Waals surface area contributed by atoms with E-state index in [-0.39, 0.29) is 5.56 Å². The van der Waals surface area contributed by atoms with Crippen molar-refractivity contribution in [3.05, 3.63) is 47.8 Å². The molecule has 16 heavy (non-hydrogen) atoms. The van der Waals surface area contributed by atoms with Gasteiger partial charge in [0.1, 0.15) is 11.6 Å². The number of halogens is 1. The minimum absolute atomic E-state index is 0.332. The number of hydrogen-bond acceptors (Lipinski definition) is 2. The molecule has 1 heterocycles. The number of carbonyl (C=O) groups is 1. The lowest BCUT2D eigenvalue weighted by Gasteiger charge is -2.06. The van der Waals surface area contributed by atoms with Crippen LogP contribution < -0.4 is 0 Å². The second kappa shape index (κ2) is 3.77. The molecule has 2 aromatic rings. The maximum absolute atomic E-state index is 13.4. The number of aryl methyl sites for hydroxylation is 1. The van der Waals surface area contributed by atoms with Crippen LogP contribution in [0.4, 0.5) is 4.39 Å². The highest BCUT2D eigenvalue weighted by Crippen LogP contribution is 2.15. The van der Waals surface area contributed by atoms with Crippen LogP contribution in [0.2, 0.25) is 0 Å². The number of rotatable bonds is 2. The van der Waals surface area contributed by atoms with Crippen molar-refractivity contribution in [2.45, 2.75) is 6.92 Å². The van der Waals surface area contributed by atoms with Crippen LogP contribution in [0.3, 0.4) is 0 Å². The van der Waals surface area contributed by atoms with Crippen LogP contribution >= 0.6 is 0 Å². The predicted molar refractivity (Wildman–Crippen MR) is 55.2 cm³/mol. The Kier molecular flexibility index (Phi) is 2.44. The molecule has 2 rings (SSSR count). The Balaban J connectivity index is 2.50. The third kappa shape index (κ3) is 1.67. The Labute approximate surface area is 91.0 Å². The van der Waals surface area contributed by atoms with Crippen molar-refractivity contribution in [1.29, 1.82) is 0 Å². The molecule has 4 nitrogen and oxygen atoms in total. The van der Waals surface area contributed by atoms with Gasteiger partial charge in [0, 0.05) is 18.1 Å². The molecule has 0 saturated carbocycles. The Morgan fingerprint density at radius 2 is 2.25 bits per heavy atom. The summed E-state index contributed by atoms with van der Waals surface area (Å²) in [7, 11) is 0. The van der Waals surface area contributed by atoms with Gasteiger partial charge in [-0.05, 0) is 25.1 Å². The summed E-state index contributed by atoms with van der Waals surface area (Å²) in [4.78, 5) is 14.6. The van der Waals surface area contributed by atoms with E-state index in [1.807, 2.05) is 0 Å². The number of benzene rings is 1. The van der Waals surface area contributed by atoms with E-state index in [4.69, 9.17) is 5.11 Å². The first-order valence-electron chi connectivity index (χ1n) is 4.63. The molecule has 5 heteroatoms. The largest absolute Gasteiger partial charge is 0.478 e. The van der Waals surface area contributed by atoms with Crippen molar-refractivity contribution in [3.63, 3.8) is 0 Å². The average Bonchev–Trinajstić information content (AvgIpc) is 2.63. The normalized spacial score (nSPS) is 10.4. The van der Waals surface area contributed by atoms with Gasteiger partial charge in [-0.1, -0.05) is 0 Å². The first-order valence-corrected chi connectivity index (χ1v) is 4.63. The zero-order chi connectivity index (χ0) is 11.7. The summed E-state index contributed by atoms with van der Waals surface area (Å²) in [5.41, 5.74) is 0.221. The van der Waals surface area contributed by atoms with E-state index in [9.17, 15) is 9.18 Å². The van der Waals surface area contributed by atoms with Crippen LogP contribution in [-0.2, 0) is 0 Å². The minimum atomic E-state index is -1.27.